The van der Waals surface area contributed by atoms with Gasteiger partial charge in [0.15, 0.2) is 5.65 Å². The number of aromatic nitrogens is 4. The summed E-state index contributed by atoms with van der Waals surface area (Å²) in [5.41, 5.74) is 3.91. The number of aryl methyl sites for hydroxylation is 1. The third-order valence-electron chi connectivity index (χ3n) is 7.65. The van der Waals surface area contributed by atoms with E-state index in [0.29, 0.717) is 40.3 Å². The first-order valence-corrected chi connectivity index (χ1v) is 13.6. The van der Waals surface area contributed by atoms with Crippen molar-refractivity contribution in [1.82, 2.24) is 24.6 Å². The van der Waals surface area contributed by atoms with Crippen molar-refractivity contribution in [3.05, 3.63) is 90.4 Å². The van der Waals surface area contributed by atoms with Crippen molar-refractivity contribution in [3.63, 3.8) is 0 Å². The summed E-state index contributed by atoms with van der Waals surface area (Å²) < 4.78 is 7.34. The molecule has 9 nitrogen and oxygen atoms in total. The topological polar surface area (TPSA) is 96.4 Å². The van der Waals surface area contributed by atoms with E-state index in [1.807, 2.05) is 59.3 Å². The van der Waals surface area contributed by atoms with Gasteiger partial charge in [-0.3, -0.25) is 14.5 Å². The summed E-state index contributed by atoms with van der Waals surface area (Å²) in [5, 5.41) is 6.57. The summed E-state index contributed by atoms with van der Waals surface area (Å²) in [6.07, 6.45) is 4.42. The number of fused-ring (bicyclic) bond motifs is 2. The van der Waals surface area contributed by atoms with Crippen LogP contribution in [0.5, 0.6) is 0 Å². The maximum Gasteiger partial charge on any atom is 0.268 e. The van der Waals surface area contributed by atoms with Crippen LogP contribution in [0.15, 0.2) is 79.1 Å². The van der Waals surface area contributed by atoms with E-state index >= 15 is 0 Å². The van der Waals surface area contributed by atoms with Crippen LogP contribution in [0.4, 0.5) is 5.69 Å². The molecule has 0 saturated carbocycles. The number of benzene rings is 2. The number of morpholine rings is 1. The number of hydrogen-bond donors (Lipinski definition) is 1. The third-order valence-corrected chi connectivity index (χ3v) is 7.65. The van der Waals surface area contributed by atoms with Gasteiger partial charge in [0, 0.05) is 60.4 Å². The van der Waals surface area contributed by atoms with E-state index in [1.165, 1.54) is 4.90 Å². The van der Waals surface area contributed by atoms with Crippen LogP contribution in [0.1, 0.15) is 17.7 Å². The maximum atomic E-state index is 14.2. The summed E-state index contributed by atoms with van der Waals surface area (Å²) >= 11 is 0. The van der Waals surface area contributed by atoms with Gasteiger partial charge >= 0.3 is 0 Å². The van der Waals surface area contributed by atoms with Crippen LogP contribution >= 0.6 is 0 Å². The van der Waals surface area contributed by atoms with E-state index in [4.69, 9.17) is 9.84 Å². The molecule has 0 bridgehead atoms. The lowest BCUT2D eigenvalue weighted by atomic mass is 9.98. The summed E-state index contributed by atoms with van der Waals surface area (Å²) in [7, 11) is 0. The average molecular weight is 533 g/mol. The van der Waals surface area contributed by atoms with Crippen LogP contribution in [-0.2, 0) is 20.9 Å². The van der Waals surface area contributed by atoms with E-state index < -0.39 is 0 Å². The summed E-state index contributed by atoms with van der Waals surface area (Å²) in [6.45, 7) is 4.94. The molecule has 2 aromatic carbocycles. The van der Waals surface area contributed by atoms with Crippen molar-refractivity contribution in [1.29, 1.82) is 0 Å². The molecule has 0 radical (unpaired) electrons. The number of amides is 2. The van der Waals surface area contributed by atoms with Crippen molar-refractivity contribution in [2.45, 2.75) is 13.0 Å². The molecule has 200 valence electrons. The van der Waals surface area contributed by atoms with Gasteiger partial charge in [-0.25, -0.2) is 14.6 Å². The molecule has 1 saturated heterocycles. The molecule has 9 heteroatoms. The van der Waals surface area contributed by atoms with E-state index in [1.54, 1.807) is 24.5 Å². The number of aromatic amines is 1. The minimum atomic E-state index is -0.389. The Kier molecular flexibility index (Phi) is 6.22. The van der Waals surface area contributed by atoms with Crippen molar-refractivity contribution < 1.29 is 14.3 Å². The Morgan fingerprint density at radius 1 is 0.825 bits per heavy atom. The number of para-hydroxylation sites is 2. The number of H-pyrrole nitrogens is 1. The number of ether oxygens (including phenoxy) is 1. The molecule has 2 aliphatic heterocycles. The second-order valence-electron chi connectivity index (χ2n) is 10.0. The minimum absolute atomic E-state index is 0.295. The predicted octanol–water partition coefficient (Wildman–Crippen LogP) is 4.12. The molecule has 0 aliphatic carbocycles. The highest BCUT2D eigenvalue weighted by Gasteiger charge is 2.43. The molecular formula is C31H28N6O3. The van der Waals surface area contributed by atoms with Crippen LogP contribution < -0.4 is 4.90 Å². The number of imide groups is 1. The van der Waals surface area contributed by atoms with Crippen molar-refractivity contribution in [3.8, 4) is 0 Å². The second kappa shape index (κ2) is 10.2. The number of carbonyl (C=O) groups is 2. The molecule has 40 heavy (non-hydrogen) atoms. The van der Waals surface area contributed by atoms with Crippen LogP contribution in [0.25, 0.3) is 33.1 Å². The lowest BCUT2D eigenvalue weighted by molar-refractivity contribution is -0.119. The first-order chi connectivity index (χ1) is 19.7. The Balaban J connectivity index is 1.35. The number of hydrogen-bond acceptors (Lipinski definition) is 6. The molecule has 0 atom stereocenters. The zero-order valence-corrected chi connectivity index (χ0v) is 21.9. The monoisotopic (exact) mass is 532 g/mol. The molecule has 3 aromatic heterocycles. The molecule has 1 fully saturated rings. The van der Waals surface area contributed by atoms with E-state index in [9.17, 15) is 9.59 Å². The molecule has 2 aliphatic rings. The first-order valence-electron chi connectivity index (χ1n) is 13.6. The van der Waals surface area contributed by atoms with Gasteiger partial charge in [0.25, 0.3) is 11.8 Å². The first kappa shape index (κ1) is 24.4. The Bertz CT molecular complexity index is 1760. The maximum absolute atomic E-state index is 14.2. The fraction of sp³-hybridized carbons (Fsp3) is 0.226. The van der Waals surface area contributed by atoms with Gasteiger partial charge in [-0.15, -0.1) is 0 Å². The number of carbonyl (C=O) groups excluding carboxylic acids is 2. The van der Waals surface area contributed by atoms with E-state index in [0.717, 1.165) is 55.6 Å². The van der Waals surface area contributed by atoms with Crippen LogP contribution in [0, 0.1) is 0 Å². The summed E-state index contributed by atoms with van der Waals surface area (Å²) in [4.78, 5) is 39.8. The van der Waals surface area contributed by atoms with Crippen molar-refractivity contribution in [2.75, 3.05) is 37.7 Å². The summed E-state index contributed by atoms with van der Waals surface area (Å²) in [5.74, 6) is -0.755. The van der Waals surface area contributed by atoms with Crippen molar-refractivity contribution in [2.24, 2.45) is 0 Å². The SMILES string of the molecule is O=C1C(c2c[nH]c3ccccc23)=C(c2nn(CCCN3CCOCC3)c3ncccc23)C(=O)N1c1ccccc1. The highest BCUT2D eigenvalue weighted by atomic mass is 16.5. The molecular weight excluding hydrogens is 504 g/mol. The number of anilines is 1. The zero-order valence-electron chi connectivity index (χ0n) is 21.9. The van der Waals surface area contributed by atoms with Crippen LogP contribution in [0.2, 0.25) is 0 Å². The molecule has 0 spiro atoms. The molecule has 5 heterocycles. The standard InChI is InChI=1S/C31H28N6O3/c38-30-26(24-20-33-25-12-5-4-10-22(24)25)27(31(39)37(30)21-8-2-1-3-9-21)28-23-11-6-13-32-29(23)36(34-28)15-7-14-35-16-18-40-19-17-35/h1-6,8-13,20,33H,7,14-19H2. The smallest absolute Gasteiger partial charge is 0.268 e. The predicted molar refractivity (Wildman–Crippen MR) is 153 cm³/mol. The van der Waals surface area contributed by atoms with Gasteiger partial charge < -0.3 is 9.72 Å². The Labute approximate surface area is 230 Å². The highest BCUT2D eigenvalue weighted by Crippen LogP contribution is 2.41. The highest BCUT2D eigenvalue weighted by molar-refractivity contribution is 6.58. The summed E-state index contributed by atoms with van der Waals surface area (Å²) in [6, 6.07) is 20.6. The average Bonchev–Trinajstić information content (AvgIpc) is 3.65. The third kappa shape index (κ3) is 4.11. The molecule has 0 unspecified atom stereocenters. The van der Waals surface area contributed by atoms with Crippen LogP contribution in [0.3, 0.4) is 0 Å². The number of rotatable bonds is 7. The van der Waals surface area contributed by atoms with E-state index in [-0.39, 0.29) is 11.8 Å². The van der Waals surface area contributed by atoms with Crippen LogP contribution in [-0.4, -0.2) is 69.3 Å². The quantitative estimate of drug-likeness (QED) is 0.317. The fourth-order valence-corrected chi connectivity index (χ4v) is 5.71. The lowest BCUT2D eigenvalue weighted by Gasteiger charge is -2.26. The lowest BCUT2D eigenvalue weighted by Crippen LogP contribution is -2.37. The Morgan fingerprint density at radius 3 is 2.42 bits per heavy atom. The fourth-order valence-electron chi connectivity index (χ4n) is 5.71. The van der Waals surface area contributed by atoms with Gasteiger partial charge in [-0.05, 0) is 36.8 Å². The van der Waals surface area contributed by atoms with Gasteiger partial charge in [-0.2, -0.15) is 5.10 Å². The minimum Gasteiger partial charge on any atom is -0.379 e. The normalized spacial score (nSPS) is 16.6. The van der Waals surface area contributed by atoms with E-state index in [2.05, 4.69) is 14.9 Å². The number of nitrogens with zero attached hydrogens (tertiary/aromatic N) is 5. The second-order valence-corrected chi connectivity index (χ2v) is 10.0. The molecule has 5 aromatic rings. The van der Waals surface area contributed by atoms with Gasteiger partial charge in [0.2, 0.25) is 0 Å². The largest absolute Gasteiger partial charge is 0.379 e. The van der Waals surface area contributed by atoms with Gasteiger partial charge in [0.1, 0.15) is 5.69 Å². The van der Waals surface area contributed by atoms with Gasteiger partial charge in [0.05, 0.1) is 30.0 Å². The van der Waals surface area contributed by atoms with Crippen molar-refractivity contribution >= 4 is 50.6 Å². The molecule has 1 N–H and O–H groups in total. The zero-order chi connectivity index (χ0) is 27.1. The molecule has 7 rings (SSSR count). The number of pyridine rings is 1. The van der Waals surface area contributed by atoms with Gasteiger partial charge in [-0.1, -0.05) is 36.4 Å². The number of nitrogens with one attached hydrogen (secondary N) is 1. The molecule has 2 amide bonds. The Morgan fingerprint density at radius 2 is 1.57 bits per heavy atom. The Hall–Kier alpha value is -4.60.